The molecule has 0 unspecified atom stereocenters. The van der Waals surface area contributed by atoms with Crippen LogP contribution < -0.4 is 5.76 Å². The van der Waals surface area contributed by atoms with Crippen molar-refractivity contribution in [3.05, 3.63) is 31.6 Å². The summed E-state index contributed by atoms with van der Waals surface area (Å²) in [7, 11) is 0. The Morgan fingerprint density at radius 1 is 1.31 bits per heavy atom. The Hall–Kier alpha value is -0.0700. The van der Waals surface area contributed by atoms with Crippen LogP contribution in [-0.2, 0) is 6.54 Å². The third-order valence-electron chi connectivity index (χ3n) is 2.20. The molecule has 0 spiro atoms. The van der Waals surface area contributed by atoms with E-state index in [0.29, 0.717) is 12.1 Å². The number of hydrogen-bond acceptors (Lipinski definition) is 2. The standard InChI is InChI=1S/C10H8Br3NO2/c11-2-1-3-14-8-5-6(12)4-7(13)9(8)16-10(14)15/h4-5H,1-3H2. The van der Waals surface area contributed by atoms with Crippen molar-refractivity contribution in [1.82, 2.24) is 4.57 Å². The SMILES string of the molecule is O=c1oc2c(Br)cc(Br)cc2n1CCCBr. The van der Waals surface area contributed by atoms with Crippen LogP contribution in [0.15, 0.2) is 30.3 Å². The van der Waals surface area contributed by atoms with Gasteiger partial charge in [0.2, 0.25) is 0 Å². The molecule has 0 aliphatic carbocycles. The Balaban J connectivity index is 2.64. The van der Waals surface area contributed by atoms with Gasteiger partial charge >= 0.3 is 5.76 Å². The van der Waals surface area contributed by atoms with Crippen LogP contribution in [0, 0.1) is 0 Å². The maximum atomic E-state index is 11.7. The highest BCUT2D eigenvalue weighted by molar-refractivity contribution is 9.11. The smallest absolute Gasteiger partial charge is 0.406 e. The molecule has 0 amide bonds. The fourth-order valence-electron chi connectivity index (χ4n) is 1.52. The molecule has 0 saturated heterocycles. The first-order chi connectivity index (χ1) is 7.63. The number of aromatic nitrogens is 1. The molecular formula is C10H8Br3NO2. The lowest BCUT2D eigenvalue weighted by Crippen LogP contribution is -2.14. The number of benzene rings is 1. The molecule has 86 valence electrons. The van der Waals surface area contributed by atoms with E-state index in [4.69, 9.17) is 4.42 Å². The molecule has 2 rings (SSSR count). The maximum Gasteiger partial charge on any atom is 0.419 e. The first kappa shape index (κ1) is 12.4. The van der Waals surface area contributed by atoms with Crippen LogP contribution in [0.2, 0.25) is 0 Å². The number of nitrogens with zero attached hydrogens (tertiary/aromatic N) is 1. The second-order valence-electron chi connectivity index (χ2n) is 3.30. The van der Waals surface area contributed by atoms with Crippen molar-refractivity contribution in [2.24, 2.45) is 0 Å². The summed E-state index contributed by atoms with van der Waals surface area (Å²) in [4.78, 5) is 11.7. The van der Waals surface area contributed by atoms with Crippen molar-refractivity contribution in [1.29, 1.82) is 0 Å². The third-order valence-corrected chi connectivity index (χ3v) is 3.81. The monoisotopic (exact) mass is 411 g/mol. The predicted octanol–water partition coefficient (Wildman–Crippen LogP) is 3.90. The van der Waals surface area contributed by atoms with Crippen LogP contribution >= 0.6 is 47.8 Å². The molecule has 0 fully saturated rings. The number of rotatable bonds is 3. The van der Waals surface area contributed by atoms with Gasteiger partial charge in [0.25, 0.3) is 0 Å². The molecule has 0 aliphatic rings. The van der Waals surface area contributed by atoms with E-state index in [-0.39, 0.29) is 5.76 Å². The quantitative estimate of drug-likeness (QED) is 0.715. The summed E-state index contributed by atoms with van der Waals surface area (Å²) in [6.07, 6.45) is 0.888. The average molecular weight is 414 g/mol. The highest BCUT2D eigenvalue weighted by Gasteiger charge is 2.12. The molecule has 1 heterocycles. The van der Waals surface area contributed by atoms with E-state index < -0.39 is 0 Å². The van der Waals surface area contributed by atoms with Gasteiger partial charge in [0.15, 0.2) is 5.58 Å². The number of alkyl halides is 1. The number of halogens is 3. The third kappa shape index (κ3) is 2.28. The molecular weight excluding hydrogens is 406 g/mol. The minimum atomic E-state index is -0.310. The normalized spacial score (nSPS) is 11.2. The van der Waals surface area contributed by atoms with Gasteiger partial charge < -0.3 is 4.42 Å². The molecule has 0 bridgehead atoms. The van der Waals surface area contributed by atoms with Crippen molar-refractivity contribution in [3.63, 3.8) is 0 Å². The van der Waals surface area contributed by atoms with Gasteiger partial charge in [0, 0.05) is 16.3 Å². The Morgan fingerprint density at radius 2 is 2.06 bits per heavy atom. The van der Waals surface area contributed by atoms with Crippen LogP contribution in [-0.4, -0.2) is 9.90 Å². The van der Waals surface area contributed by atoms with Crippen molar-refractivity contribution < 1.29 is 4.42 Å². The fourth-order valence-corrected chi connectivity index (χ4v) is 3.05. The van der Waals surface area contributed by atoms with E-state index in [1.54, 1.807) is 4.57 Å². The summed E-state index contributed by atoms with van der Waals surface area (Å²) < 4.78 is 8.55. The van der Waals surface area contributed by atoms with Gasteiger partial charge in [-0.15, -0.1) is 0 Å². The van der Waals surface area contributed by atoms with E-state index in [9.17, 15) is 4.79 Å². The molecule has 0 aliphatic heterocycles. The zero-order valence-electron chi connectivity index (χ0n) is 8.17. The molecule has 3 nitrogen and oxygen atoms in total. The van der Waals surface area contributed by atoms with Crippen LogP contribution in [0.25, 0.3) is 11.1 Å². The number of oxazole rings is 1. The van der Waals surface area contributed by atoms with E-state index in [1.807, 2.05) is 12.1 Å². The minimum absolute atomic E-state index is 0.310. The van der Waals surface area contributed by atoms with Crippen LogP contribution in [0.1, 0.15) is 6.42 Å². The largest absolute Gasteiger partial charge is 0.419 e. The van der Waals surface area contributed by atoms with Crippen molar-refractivity contribution in [2.45, 2.75) is 13.0 Å². The summed E-state index contributed by atoms with van der Waals surface area (Å²) in [6, 6.07) is 3.75. The Morgan fingerprint density at radius 3 is 2.75 bits per heavy atom. The van der Waals surface area contributed by atoms with Gasteiger partial charge in [0.05, 0.1) is 9.99 Å². The molecule has 0 atom stereocenters. The fraction of sp³-hybridized carbons (Fsp3) is 0.300. The van der Waals surface area contributed by atoms with Gasteiger partial charge in [-0.1, -0.05) is 31.9 Å². The molecule has 16 heavy (non-hydrogen) atoms. The lowest BCUT2D eigenvalue weighted by Gasteiger charge is -2.00. The van der Waals surface area contributed by atoms with Gasteiger partial charge in [0.1, 0.15) is 0 Å². The lowest BCUT2D eigenvalue weighted by molar-refractivity contribution is 0.503. The van der Waals surface area contributed by atoms with E-state index in [0.717, 1.165) is 26.2 Å². The lowest BCUT2D eigenvalue weighted by atomic mass is 10.3. The second kappa shape index (κ2) is 5.06. The number of hydrogen-bond donors (Lipinski definition) is 0. The number of fused-ring (bicyclic) bond motifs is 1. The molecule has 1 aromatic heterocycles. The highest BCUT2D eigenvalue weighted by atomic mass is 79.9. The Kier molecular flexibility index (Phi) is 3.92. The molecule has 6 heteroatoms. The first-order valence-corrected chi connectivity index (χ1v) is 7.38. The summed E-state index contributed by atoms with van der Waals surface area (Å²) in [6.45, 7) is 0.653. The molecule has 1 aromatic carbocycles. The molecule has 0 radical (unpaired) electrons. The number of aryl methyl sites for hydroxylation is 1. The van der Waals surface area contributed by atoms with Gasteiger partial charge in [-0.05, 0) is 34.5 Å². The van der Waals surface area contributed by atoms with Gasteiger partial charge in [-0.3, -0.25) is 4.57 Å². The Bertz CT molecular complexity index is 573. The molecule has 0 saturated carbocycles. The van der Waals surface area contributed by atoms with Crippen molar-refractivity contribution in [2.75, 3.05) is 5.33 Å². The topological polar surface area (TPSA) is 35.1 Å². The van der Waals surface area contributed by atoms with Crippen molar-refractivity contribution in [3.8, 4) is 0 Å². The van der Waals surface area contributed by atoms with Crippen LogP contribution in [0.5, 0.6) is 0 Å². The maximum absolute atomic E-state index is 11.7. The van der Waals surface area contributed by atoms with E-state index >= 15 is 0 Å². The summed E-state index contributed by atoms with van der Waals surface area (Å²) in [5.74, 6) is -0.310. The van der Waals surface area contributed by atoms with Crippen LogP contribution in [0.3, 0.4) is 0 Å². The molecule has 0 N–H and O–H groups in total. The van der Waals surface area contributed by atoms with Crippen molar-refractivity contribution >= 4 is 58.9 Å². The second-order valence-corrected chi connectivity index (χ2v) is 5.86. The Labute approximate surface area is 117 Å². The van der Waals surface area contributed by atoms with Gasteiger partial charge in [-0.25, -0.2) is 4.79 Å². The predicted molar refractivity (Wildman–Crippen MR) is 74.3 cm³/mol. The zero-order valence-corrected chi connectivity index (χ0v) is 12.9. The highest BCUT2D eigenvalue weighted by Crippen LogP contribution is 2.27. The average Bonchev–Trinajstić information content (AvgIpc) is 2.53. The summed E-state index contributed by atoms with van der Waals surface area (Å²) in [5, 5.41) is 0.862. The minimum Gasteiger partial charge on any atom is -0.406 e. The van der Waals surface area contributed by atoms with Crippen LogP contribution in [0.4, 0.5) is 0 Å². The summed E-state index contributed by atoms with van der Waals surface area (Å²) >= 11 is 10.1. The summed E-state index contributed by atoms with van der Waals surface area (Å²) in [5.41, 5.74) is 1.41. The zero-order chi connectivity index (χ0) is 11.7. The van der Waals surface area contributed by atoms with E-state index in [1.165, 1.54) is 0 Å². The van der Waals surface area contributed by atoms with E-state index in [2.05, 4.69) is 47.8 Å². The van der Waals surface area contributed by atoms with Gasteiger partial charge in [-0.2, -0.15) is 0 Å². The molecule has 2 aromatic rings. The first-order valence-electron chi connectivity index (χ1n) is 4.68.